The largest absolute Gasteiger partial charge is 0.293 e. The van der Waals surface area contributed by atoms with Crippen LogP contribution in [0.4, 0.5) is 0 Å². The second-order valence-electron chi connectivity index (χ2n) is 3.92. The highest BCUT2D eigenvalue weighted by Crippen LogP contribution is 2.21. The molecule has 0 fully saturated rings. The first-order valence-corrected chi connectivity index (χ1v) is 5.99. The summed E-state index contributed by atoms with van der Waals surface area (Å²) < 4.78 is 2.66. The van der Waals surface area contributed by atoms with Crippen LogP contribution < -0.4 is 0 Å². The lowest BCUT2D eigenvalue weighted by molar-refractivity contribution is 0.101. The van der Waals surface area contributed by atoms with E-state index in [-0.39, 0.29) is 5.78 Å². The summed E-state index contributed by atoms with van der Waals surface area (Å²) >= 11 is 3.43. The van der Waals surface area contributed by atoms with Gasteiger partial charge in [0.15, 0.2) is 11.5 Å². The molecule has 0 saturated carbocycles. The van der Waals surface area contributed by atoms with Gasteiger partial charge >= 0.3 is 0 Å². The van der Waals surface area contributed by atoms with E-state index in [9.17, 15) is 4.79 Å². The van der Waals surface area contributed by atoms with Crippen molar-refractivity contribution >= 4 is 21.7 Å². The Morgan fingerprint density at radius 2 is 2.06 bits per heavy atom. The molecule has 0 aliphatic carbocycles. The summed E-state index contributed by atoms with van der Waals surface area (Å²) in [5.41, 5.74) is 3.19. The Kier molecular flexibility index (Phi) is 3.11. The molecular weight excluding hydrogens is 282 g/mol. The Hall–Kier alpha value is -1.49. The summed E-state index contributed by atoms with van der Waals surface area (Å²) in [6.45, 7) is 5.34. The van der Waals surface area contributed by atoms with Crippen molar-refractivity contribution < 1.29 is 4.79 Å². The number of ketones is 1. The third-order valence-electron chi connectivity index (χ3n) is 2.63. The number of hydrogen-bond acceptors (Lipinski definition) is 3. The van der Waals surface area contributed by atoms with Gasteiger partial charge in [-0.2, -0.15) is 0 Å². The van der Waals surface area contributed by atoms with E-state index in [1.54, 1.807) is 4.68 Å². The molecule has 88 valence electrons. The molecule has 1 aromatic heterocycles. The second-order valence-corrected chi connectivity index (χ2v) is 4.84. The third-order valence-corrected chi connectivity index (χ3v) is 3.12. The molecule has 5 heteroatoms. The molecular formula is C12H12BrN3O. The van der Waals surface area contributed by atoms with Crippen LogP contribution in [0.3, 0.4) is 0 Å². The third kappa shape index (κ3) is 2.15. The number of nitrogens with zero attached hydrogens (tertiary/aromatic N) is 3. The van der Waals surface area contributed by atoms with Crippen LogP contribution in [0.5, 0.6) is 0 Å². The standard InChI is InChI=1S/C12H12BrN3O/c1-7-4-5-10(13)6-11(7)16-8(2)12(9(3)17)14-15-16/h4-6H,1-3H3. The van der Waals surface area contributed by atoms with Crippen molar-refractivity contribution in [3.8, 4) is 5.69 Å². The summed E-state index contributed by atoms with van der Waals surface area (Å²) in [4.78, 5) is 11.3. The number of rotatable bonds is 2. The van der Waals surface area contributed by atoms with Crippen LogP contribution in [0.25, 0.3) is 5.69 Å². The number of aromatic nitrogens is 3. The van der Waals surface area contributed by atoms with Crippen molar-refractivity contribution in [2.75, 3.05) is 0 Å². The monoisotopic (exact) mass is 293 g/mol. The quantitative estimate of drug-likeness (QED) is 0.800. The van der Waals surface area contributed by atoms with Gasteiger partial charge in [0.25, 0.3) is 0 Å². The number of aryl methyl sites for hydroxylation is 1. The van der Waals surface area contributed by atoms with Gasteiger partial charge in [-0.3, -0.25) is 4.79 Å². The fraction of sp³-hybridized carbons (Fsp3) is 0.250. The zero-order valence-electron chi connectivity index (χ0n) is 9.86. The van der Waals surface area contributed by atoms with Crippen LogP contribution in [0.1, 0.15) is 28.7 Å². The summed E-state index contributed by atoms with van der Waals surface area (Å²) in [5.74, 6) is -0.0681. The summed E-state index contributed by atoms with van der Waals surface area (Å²) in [6.07, 6.45) is 0. The fourth-order valence-corrected chi connectivity index (χ4v) is 2.04. The predicted octanol–water partition coefficient (Wildman–Crippen LogP) is 2.85. The maximum absolute atomic E-state index is 11.3. The molecule has 4 nitrogen and oxygen atoms in total. The van der Waals surface area contributed by atoms with E-state index in [1.807, 2.05) is 32.0 Å². The highest BCUT2D eigenvalue weighted by molar-refractivity contribution is 9.10. The molecule has 17 heavy (non-hydrogen) atoms. The highest BCUT2D eigenvalue weighted by Gasteiger charge is 2.14. The van der Waals surface area contributed by atoms with E-state index in [1.165, 1.54) is 6.92 Å². The second kappa shape index (κ2) is 4.41. The lowest BCUT2D eigenvalue weighted by Crippen LogP contribution is -2.03. The zero-order valence-corrected chi connectivity index (χ0v) is 11.4. The number of carbonyl (C=O) groups excluding carboxylic acids is 1. The van der Waals surface area contributed by atoms with Gasteiger partial charge in [-0.15, -0.1) is 5.10 Å². The Balaban J connectivity index is 2.61. The van der Waals surface area contributed by atoms with Crippen molar-refractivity contribution in [3.63, 3.8) is 0 Å². The van der Waals surface area contributed by atoms with Gasteiger partial charge in [0.05, 0.1) is 11.4 Å². The van der Waals surface area contributed by atoms with Crippen LogP contribution in [-0.4, -0.2) is 20.8 Å². The minimum absolute atomic E-state index is 0.0681. The highest BCUT2D eigenvalue weighted by atomic mass is 79.9. The molecule has 0 radical (unpaired) electrons. The smallest absolute Gasteiger partial charge is 0.181 e. The molecule has 2 aromatic rings. The summed E-state index contributed by atoms with van der Waals surface area (Å²) in [6, 6.07) is 5.92. The van der Waals surface area contributed by atoms with E-state index >= 15 is 0 Å². The average molecular weight is 294 g/mol. The van der Waals surface area contributed by atoms with Gasteiger partial charge in [0, 0.05) is 11.4 Å². The normalized spacial score (nSPS) is 10.6. The van der Waals surface area contributed by atoms with Gasteiger partial charge in [-0.05, 0) is 31.5 Å². The van der Waals surface area contributed by atoms with Gasteiger partial charge in [-0.1, -0.05) is 27.2 Å². The molecule has 2 rings (SSSR count). The fourth-order valence-electron chi connectivity index (χ4n) is 1.69. The lowest BCUT2D eigenvalue weighted by Gasteiger charge is -2.07. The molecule has 0 amide bonds. The SMILES string of the molecule is CC(=O)c1nnn(-c2cc(Br)ccc2C)c1C. The molecule has 0 unspecified atom stereocenters. The van der Waals surface area contributed by atoms with Crippen LogP contribution >= 0.6 is 15.9 Å². The summed E-state index contributed by atoms with van der Waals surface area (Å²) in [5, 5.41) is 7.94. The topological polar surface area (TPSA) is 47.8 Å². The van der Waals surface area contributed by atoms with Crippen molar-refractivity contribution in [3.05, 3.63) is 39.6 Å². The molecule has 0 saturated heterocycles. The Morgan fingerprint density at radius 1 is 1.35 bits per heavy atom. The predicted molar refractivity (Wildman–Crippen MR) is 68.5 cm³/mol. The number of benzene rings is 1. The average Bonchev–Trinajstić information content (AvgIpc) is 2.64. The lowest BCUT2D eigenvalue weighted by atomic mass is 10.2. The van der Waals surface area contributed by atoms with Gasteiger partial charge < -0.3 is 0 Å². The number of Topliss-reactive ketones (excluding diaryl/α,β-unsaturated/α-hetero) is 1. The van der Waals surface area contributed by atoms with Gasteiger partial charge in [0.2, 0.25) is 0 Å². The molecule has 1 aromatic carbocycles. The van der Waals surface area contributed by atoms with Gasteiger partial charge in [0.1, 0.15) is 0 Å². The molecule has 0 atom stereocenters. The molecule has 0 aliphatic heterocycles. The van der Waals surface area contributed by atoms with Gasteiger partial charge in [-0.25, -0.2) is 4.68 Å². The first kappa shape index (κ1) is 12.0. The Labute approximate surface area is 108 Å². The van der Waals surface area contributed by atoms with Crippen molar-refractivity contribution in [1.29, 1.82) is 0 Å². The molecule has 0 aliphatic rings. The van der Waals surface area contributed by atoms with E-state index in [2.05, 4.69) is 26.2 Å². The van der Waals surface area contributed by atoms with E-state index < -0.39 is 0 Å². The first-order chi connectivity index (χ1) is 8.00. The Bertz CT molecular complexity index is 589. The molecule has 0 bridgehead atoms. The molecule has 1 heterocycles. The van der Waals surface area contributed by atoms with Crippen LogP contribution in [0.15, 0.2) is 22.7 Å². The first-order valence-electron chi connectivity index (χ1n) is 5.20. The Morgan fingerprint density at radius 3 is 2.65 bits per heavy atom. The number of hydrogen-bond donors (Lipinski definition) is 0. The maximum atomic E-state index is 11.3. The number of halogens is 1. The maximum Gasteiger partial charge on any atom is 0.181 e. The van der Waals surface area contributed by atoms with Crippen molar-refractivity contribution in [2.45, 2.75) is 20.8 Å². The van der Waals surface area contributed by atoms with Crippen molar-refractivity contribution in [1.82, 2.24) is 15.0 Å². The van der Waals surface area contributed by atoms with E-state index in [4.69, 9.17) is 0 Å². The molecule has 0 spiro atoms. The summed E-state index contributed by atoms with van der Waals surface area (Å²) in [7, 11) is 0. The zero-order chi connectivity index (χ0) is 12.6. The van der Waals surface area contributed by atoms with E-state index in [0.717, 1.165) is 21.4 Å². The minimum atomic E-state index is -0.0681. The van der Waals surface area contributed by atoms with Crippen LogP contribution in [-0.2, 0) is 0 Å². The van der Waals surface area contributed by atoms with Crippen LogP contribution in [0, 0.1) is 13.8 Å². The van der Waals surface area contributed by atoms with E-state index in [0.29, 0.717) is 5.69 Å². The molecule has 0 N–H and O–H groups in total. The number of carbonyl (C=O) groups is 1. The van der Waals surface area contributed by atoms with Crippen molar-refractivity contribution in [2.24, 2.45) is 0 Å². The minimum Gasteiger partial charge on any atom is -0.293 e. The van der Waals surface area contributed by atoms with Crippen LogP contribution in [0.2, 0.25) is 0 Å².